The van der Waals surface area contributed by atoms with Crippen molar-refractivity contribution in [3.8, 4) is 0 Å². The third-order valence-corrected chi connectivity index (χ3v) is 2.65. The van der Waals surface area contributed by atoms with E-state index in [1.807, 2.05) is 26.0 Å². The van der Waals surface area contributed by atoms with Crippen LogP contribution < -0.4 is 0 Å². The fraction of sp³-hybridized carbons (Fsp3) is 0.333. The summed E-state index contributed by atoms with van der Waals surface area (Å²) in [7, 11) is 0. The molecule has 0 saturated heterocycles. The number of carbonyl (C=O) groups is 2. The summed E-state index contributed by atoms with van der Waals surface area (Å²) in [5.74, 6) is 0.636. The van der Waals surface area contributed by atoms with E-state index in [4.69, 9.17) is 0 Å². The number of hydrogen-bond acceptors (Lipinski definition) is 3. The minimum Gasteiger partial charge on any atom is -0.299 e. The number of Topliss-reactive ketones (excluding diaryl/α,β-unsaturated/α-hetero) is 1. The largest absolute Gasteiger partial charge is 0.299 e. The molecule has 0 aromatic heterocycles. The topological polar surface area (TPSA) is 34.1 Å². The van der Waals surface area contributed by atoms with Gasteiger partial charge in [-0.25, -0.2) is 0 Å². The highest BCUT2D eigenvalue weighted by atomic mass is 32.2. The van der Waals surface area contributed by atoms with E-state index in [0.717, 1.165) is 11.2 Å². The van der Waals surface area contributed by atoms with Crippen LogP contribution in [-0.4, -0.2) is 17.8 Å². The van der Waals surface area contributed by atoms with Crippen LogP contribution in [0.3, 0.4) is 0 Å². The molecule has 82 valence electrons. The Hall–Kier alpha value is -1.09. The monoisotopic (exact) mass is 224 g/mol. The maximum Gasteiger partial charge on any atom is 0.150 e. The van der Waals surface area contributed by atoms with Crippen LogP contribution in [0.4, 0.5) is 0 Å². The normalized spacial score (nSPS) is 13.3. The summed E-state index contributed by atoms with van der Waals surface area (Å²) >= 11 is 1.48. The van der Waals surface area contributed by atoms with Crippen LogP contribution in [0.25, 0.3) is 0 Å². The van der Waals surface area contributed by atoms with Gasteiger partial charge in [0.25, 0.3) is 0 Å². The highest BCUT2D eigenvalue weighted by Gasteiger charge is 1.94. The highest BCUT2D eigenvalue weighted by Crippen LogP contribution is 2.14. The number of rotatable bonds is 6. The summed E-state index contributed by atoms with van der Waals surface area (Å²) in [6.07, 6.45) is 7.95. The van der Waals surface area contributed by atoms with Crippen LogP contribution in [0.15, 0.2) is 34.8 Å². The first-order chi connectivity index (χ1) is 7.10. The van der Waals surface area contributed by atoms with Gasteiger partial charge in [-0.2, -0.15) is 0 Å². The van der Waals surface area contributed by atoms with Gasteiger partial charge in [0.1, 0.15) is 12.1 Å². The molecule has 0 aliphatic carbocycles. The van der Waals surface area contributed by atoms with E-state index in [0.29, 0.717) is 11.3 Å². The number of carbonyl (C=O) groups excluding carboxylic acids is 2. The molecular weight excluding hydrogens is 208 g/mol. The number of hydrogen-bond donors (Lipinski definition) is 0. The van der Waals surface area contributed by atoms with E-state index in [2.05, 4.69) is 0 Å². The average molecular weight is 224 g/mol. The van der Waals surface area contributed by atoms with E-state index < -0.39 is 0 Å². The molecule has 0 atom stereocenters. The zero-order chi connectivity index (χ0) is 11.7. The molecule has 0 unspecified atom stereocenters. The Morgan fingerprint density at radius 3 is 2.40 bits per heavy atom. The van der Waals surface area contributed by atoms with Gasteiger partial charge in [0, 0.05) is 5.57 Å². The molecule has 3 heteroatoms. The van der Waals surface area contributed by atoms with E-state index in [1.54, 1.807) is 19.1 Å². The molecule has 0 bridgehead atoms. The van der Waals surface area contributed by atoms with Gasteiger partial charge < -0.3 is 0 Å². The second-order valence-corrected chi connectivity index (χ2v) is 4.27. The van der Waals surface area contributed by atoms with Gasteiger partial charge in [-0.15, -0.1) is 11.8 Å². The van der Waals surface area contributed by atoms with Gasteiger partial charge in [0.15, 0.2) is 0 Å². The van der Waals surface area contributed by atoms with E-state index in [-0.39, 0.29) is 5.78 Å². The molecule has 0 radical (unpaired) electrons. The Balaban J connectivity index is 4.34. The van der Waals surface area contributed by atoms with Crippen molar-refractivity contribution in [2.45, 2.75) is 20.8 Å². The van der Waals surface area contributed by atoms with Crippen molar-refractivity contribution in [1.82, 2.24) is 0 Å². The number of ketones is 1. The molecule has 0 aromatic carbocycles. The molecule has 0 rings (SSSR count). The van der Waals surface area contributed by atoms with Crippen molar-refractivity contribution in [3.63, 3.8) is 0 Å². The first-order valence-corrected chi connectivity index (χ1v) is 5.67. The molecule has 0 aromatic rings. The fourth-order valence-corrected chi connectivity index (χ4v) is 1.40. The lowest BCUT2D eigenvalue weighted by Crippen LogP contribution is -1.92. The van der Waals surface area contributed by atoms with Gasteiger partial charge in [0.05, 0.1) is 5.75 Å². The van der Waals surface area contributed by atoms with Gasteiger partial charge in [-0.05, 0) is 25.7 Å². The molecule has 0 saturated carbocycles. The first-order valence-electron chi connectivity index (χ1n) is 4.68. The van der Waals surface area contributed by atoms with Crippen LogP contribution in [0, 0.1) is 0 Å². The molecular formula is C12H16O2S. The Morgan fingerprint density at radius 1 is 1.27 bits per heavy atom. The highest BCUT2D eigenvalue weighted by molar-refractivity contribution is 8.03. The second-order valence-electron chi connectivity index (χ2n) is 3.05. The Morgan fingerprint density at radius 2 is 1.93 bits per heavy atom. The minimum atomic E-state index is 0.154. The van der Waals surface area contributed by atoms with E-state index in [1.165, 1.54) is 11.8 Å². The lowest BCUT2D eigenvalue weighted by Gasteiger charge is -1.96. The number of thioether (sulfide) groups is 1. The van der Waals surface area contributed by atoms with Crippen LogP contribution in [0.1, 0.15) is 20.8 Å². The van der Waals surface area contributed by atoms with Crippen LogP contribution in [0.5, 0.6) is 0 Å². The van der Waals surface area contributed by atoms with Gasteiger partial charge in [-0.1, -0.05) is 24.3 Å². The van der Waals surface area contributed by atoms with Crippen LogP contribution in [-0.2, 0) is 9.59 Å². The van der Waals surface area contributed by atoms with Crippen LogP contribution in [0.2, 0.25) is 0 Å². The fourth-order valence-electron chi connectivity index (χ4n) is 0.804. The zero-order valence-electron chi connectivity index (χ0n) is 9.32. The average Bonchev–Trinajstić information content (AvgIpc) is 2.21. The predicted molar refractivity (Wildman–Crippen MR) is 65.9 cm³/mol. The molecule has 0 spiro atoms. The summed E-state index contributed by atoms with van der Waals surface area (Å²) in [6, 6.07) is 0. The third kappa shape index (κ3) is 7.94. The molecule has 0 aliphatic rings. The Bertz CT molecular complexity index is 312. The number of allylic oxidation sites excluding steroid dienone is 6. The molecule has 0 N–H and O–H groups in total. The quantitative estimate of drug-likeness (QED) is 0.395. The summed E-state index contributed by atoms with van der Waals surface area (Å²) in [6.45, 7) is 5.34. The predicted octanol–water partition coefficient (Wildman–Crippen LogP) is 2.91. The van der Waals surface area contributed by atoms with Crippen LogP contribution >= 0.6 is 11.8 Å². The smallest absolute Gasteiger partial charge is 0.150 e. The van der Waals surface area contributed by atoms with E-state index in [9.17, 15) is 9.59 Å². The second kappa shape index (κ2) is 8.24. The summed E-state index contributed by atoms with van der Waals surface area (Å²) < 4.78 is 0. The summed E-state index contributed by atoms with van der Waals surface area (Å²) in [5, 5.41) is 0. The molecule has 15 heavy (non-hydrogen) atoms. The molecule has 0 aliphatic heterocycles. The van der Waals surface area contributed by atoms with Crippen molar-refractivity contribution in [3.05, 3.63) is 34.8 Å². The SMILES string of the molecule is C\C=C/C(C=O)=C\C=C(/C)SCC(C)=O. The maximum atomic E-state index is 10.7. The minimum absolute atomic E-state index is 0.154. The van der Waals surface area contributed by atoms with Crippen molar-refractivity contribution < 1.29 is 9.59 Å². The van der Waals surface area contributed by atoms with Crippen molar-refractivity contribution in [1.29, 1.82) is 0 Å². The zero-order valence-corrected chi connectivity index (χ0v) is 10.1. The third-order valence-electron chi connectivity index (χ3n) is 1.51. The molecule has 0 fully saturated rings. The van der Waals surface area contributed by atoms with Gasteiger partial charge >= 0.3 is 0 Å². The van der Waals surface area contributed by atoms with Gasteiger partial charge in [0.2, 0.25) is 0 Å². The van der Waals surface area contributed by atoms with Crippen molar-refractivity contribution in [2.75, 3.05) is 5.75 Å². The molecule has 0 amide bonds. The lowest BCUT2D eigenvalue weighted by atomic mass is 10.2. The number of aldehydes is 1. The lowest BCUT2D eigenvalue weighted by molar-refractivity contribution is -0.114. The first kappa shape index (κ1) is 13.9. The van der Waals surface area contributed by atoms with Crippen molar-refractivity contribution in [2.24, 2.45) is 0 Å². The van der Waals surface area contributed by atoms with Crippen molar-refractivity contribution >= 4 is 23.8 Å². The standard InChI is InChI=1S/C12H16O2S/c1-4-5-12(8-13)7-6-11(3)15-9-10(2)14/h4-8H,9H2,1-3H3/b5-4-,11-6+,12-7+. The van der Waals surface area contributed by atoms with E-state index >= 15 is 0 Å². The summed E-state index contributed by atoms with van der Waals surface area (Å²) in [5.41, 5.74) is 0.625. The summed E-state index contributed by atoms with van der Waals surface area (Å²) in [4.78, 5) is 22.3. The molecule has 2 nitrogen and oxygen atoms in total. The Labute approximate surface area is 95.1 Å². The molecule has 0 heterocycles. The maximum absolute atomic E-state index is 10.7. The van der Waals surface area contributed by atoms with Gasteiger partial charge in [-0.3, -0.25) is 9.59 Å². The Kier molecular flexibility index (Phi) is 7.64.